The first kappa shape index (κ1) is 18.7. The Morgan fingerprint density at radius 1 is 1.04 bits per heavy atom. The normalized spacial score (nSPS) is 11.1. The fraction of sp³-hybridized carbons (Fsp3) is 0.211. The number of benzene rings is 2. The van der Waals surface area contributed by atoms with E-state index in [4.69, 9.17) is 0 Å². The molecule has 1 heterocycles. The summed E-state index contributed by atoms with van der Waals surface area (Å²) in [5, 5.41) is 13.6. The molecule has 0 fully saturated rings. The minimum Gasteiger partial charge on any atom is -0.356 e. The minimum absolute atomic E-state index is 0. The number of halogens is 1. The molecule has 0 atom stereocenters. The maximum absolute atomic E-state index is 4.28. The van der Waals surface area contributed by atoms with Crippen molar-refractivity contribution in [3.63, 3.8) is 0 Å². The number of hydrogen-bond donors (Lipinski definition) is 2. The monoisotopic (exact) mass is 451 g/mol. The highest BCUT2D eigenvalue weighted by Gasteiger charge is 2.02. The molecule has 0 radical (unpaired) electrons. The van der Waals surface area contributed by atoms with Crippen molar-refractivity contribution in [2.75, 3.05) is 13.6 Å². The molecule has 2 aromatic carbocycles. The highest BCUT2D eigenvalue weighted by Crippen LogP contribution is 2.18. The second-order valence-corrected chi connectivity index (χ2v) is 6.15. The van der Waals surface area contributed by atoms with E-state index in [1.807, 2.05) is 0 Å². The second kappa shape index (κ2) is 9.64. The van der Waals surface area contributed by atoms with Gasteiger partial charge in [0.1, 0.15) is 0 Å². The van der Waals surface area contributed by atoms with Crippen LogP contribution in [-0.2, 0) is 13.0 Å². The Morgan fingerprint density at radius 2 is 1.88 bits per heavy atom. The Labute approximate surface area is 164 Å². The average molecular weight is 451 g/mol. The highest BCUT2D eigenvalue weighted by molar-refractivity contribution is 14.0. The van der Waals surface area contributed by atoms with Crippen LogP contribution < -0.4 is 10.6 Å². The zero-order valence-electron chi connectivity index (χ0n) is 13.7. The van der Waals surface area contributed by atoms with Crippen molar-refractivity contribution in [2.45, 2.75) is 13.0 Å². The van der Waals surface area contributed by atoms with Crippen molar-refractivity contribution in [1.29, 1.82) is 0 Å². The lowest BCUT2D eigenvalue weighted by molar-refractivity contribution is 0.798. The van der Waals surface area contributed by atoms with E-state index < -0.39 is 0 Å². The van der Waals surface area contributed by atoms with Crippen LogP contribution in [0, 0.1) is 0 Å². The molecule has 0 amide bonds. The summed E-state index contributed by atoms with van der Waals surface area (Å²) in [6.07, 6.45) is 0.973. The van der Waals surface area contributed by atoms with Crippen LogP contribution in [0.1, 0.15) is 11.1 Å². The number of fused-ring (bicyclic) bond motifs is 1. The highest BCUT2D eigenvalue weighted by atomic mass is 127. The molecule has 0 saturated carbocycles. The topological polar surface area (TPSA) is 36.4 Å². The van der Waals surface area contributed by atoms with Gasteiger partial charge in [0.05, 0.1) is 0 Å². The van der Waals surface area contributed by atoms with E-state index in [0.717, 1.165) is 25.5 Å². The van der Waals surface area contributed by atoms with Gasteiger partial charge < -0.3 is 10.6 Å². The van der Waals surface area contributed by atoms with Gasteiger partial charge in [0.15, 0.2) is 5.96 Å². The van der Waals surface area contributed by atoms with Crippen LogP contribution in [-0.4, -0.2) is 19.6 Å². The van der Waals surface area contributed by atoms with Crippen molar-refractivity contribution in [3.05, 3.63) is 70.4 Å². The number of nitrogens with one attached hydrogen (secondary N) is 2. The smallest absolute Gasteiger partial charge is 0.191 e. The van der Waals surface area contributed by atoms with Crippen LogP contribution >= 0.6 is 35.3 Å². The number of thiophene rings is 1. The molecule has 3 aromatic rings. The summed E-state index contributed by atoms with van der Waals surface area (Å²) in [6, 6.07) is 17.1. The average Bonchev–Trinajstić information content (AvgIpc) is 3.11. The summed E-state index contributed by atoms with van der Waals surface area (Å²) in [7, 11) is 1.81. The Balaban J connectivity index is 0.00000208. The quantitative estimate of drug-likeness (QED) is 0.342. The van der Waals surface area contributed by atoms with E-state index in [1.54, 1.807) is 18.4 Å². The summed E-state index contributed by atoms with van der Waals surface area (Å²) in [5.41, 5.74) is 2.65. The maximum atomic E-state index is 4.28. The number of rotatable bonds is 5. The zero-order valence-corrected chi connectivity index (χ0v) is 16.8. The third kappa shape index (κ3) is 4.95. The molecular weight excluding hydrogens is 429 g/mol. The third-order valence-corrected chi connectivity index (χ3v) is 4.56. The van der Waals surface area contributed by atoms with Crippen LogP contribution in [0.5, 0.6) is 0 Å². The van der Waals surface area contributed by atoms with Gasteiger partial charge in [-0.1, -0.05) is 42.5 Å². The van der Waals surface area contributed by atoms with Gasteiger partial charge in [-0.05, 0) is 45.1 Å². The third-order valence-electron chi connectivity index (χ3n) is 3.83. The largest absolute Gasteiger partial charge is 0.356 e. The first-order valence-electron chi connectivity index (χ1n) is 7.79. The summed E-state index contributed by atoms with van der Waals surface area (Å²) in [6.45, 7) is 1.66. The van der Waals surface area contributed by atoms with Crippen molar-refractivity contribution in [3.8, 4) is 0 Å². The molecule has 5 heteroatoms. The molecule has 126 valence electrons. The van der Waals surface area contributed by atoms with E-state index in [9.17, 15) is 0 Å². The van der Waals surface area contributed by atoms with E-state index >= 15 is 0 Å². The number of aliphatic imine (C=N–C) groups is 1. The predicted octanol–water partition coefficient (Wildman–Crippen LogP) is 4.43. The molecule has 0 unspecified atom stereocenters. The van der Waals surface area contributed by atoms with Crippen molar-refractivity contribution in [2.24, 2.45) is 4.99 Å². The number of hydrogen-bond acceptors (Lipinski definition) is 2. The molecular formula is C19H22IN3S. The summed E-state index contributed by atoms with van der Waals surface area (Å²) in [5.74, 6) is 0.844. The Hall–Kier alpha value is -1.60. The van der Waals surface area contributed by atoms with Crippen molar-refractivity contribution < 1.29 is 0 Å². The van der Waals surface area contributed by atoms with Gasteiger partial charge in [-0.2, -0.15) is 11.3 Å². The number of guanidine groups is 1. The first-order chi connectivity index (χ1) is 11.4. The summed E-state index contributed by atoms with van der Waals surface area (Å²) >= 11 is 1.71. The van der Waals surface area contributed by atoms with Crippen LogP contribution in [0.2, 0.25) is 0 Å². The molecule has 3 rings (SSSR count). The van der Waals surface area contributed by atoms with Gasteiger partial charge >= 0.3 is 0 Å². The lowest BCUT2D eigenvalue weighted by atomic mass is 10.0. The Morgan fingerprint density at radius 3 is 2.67 bits per heavy atom. The van der Waals surface area contributed by atoms with Gasteiger partial charge in [-0.3, -0.25) is 4.99 Å². The van der Waals surface area contributed by atoms with Crippen molar-refractivity contribution >= 4 is 52.0 Å². The molecule has 3 nitrogen and oxygen atoms in total. The predicted molar refractivity (Wildman–Crippen MR) is 116 cm³/mol. The standard InChI is InChI=1S/C19H21N3S.HI/c1-20-19(22-13-15-10-12-23-14-15)21-11-9-17-7-4-6-16-5-2-3-8-18(16)17;/h2-8,10,12,14H,9,11,13H2,1H3,(H2,20,21,22);1H. The van der Waals surface area contributed by atoms with E-state index in [1.165, 1.54) is 21.9 Å². The second-order valence-electron chi connectivity index (χ2n) is 5.37. The van der Waals surface area contributed by atoms with Crippen LogP contribution in [0.3, 0.4) is 0 Å². The van der Waals surface area contributed by atoms with Gasteiger partial charge in [-0.25, -0.2) is 0 Å². The lowest BCUT2D eigenvalue weighted by Gasteiger charge is -2.12. The fourth-order valence-electron chi connectivity index (χ4n) is 2.63. The Kier molecular flexibility index (Phi) is 7.52. The Bertz CT molecular complexity index is 779. The minimum atomic E-state index is 0. The molecule has 0 aliphatic carbocycles. The van der Waals surface area contributed by atoms with E-state index in [0.29, 0.717) is 0 Å². The molecule has 1 aromatic heterocycles. The fourth-order valence-corrected chi connectivity index (χ4v) is 3.29. The molecule has 0 saturated heterocycles. The van der Waals surface area contributed by atoms with Gasteiger partial charge in [0.2, 0.25) is 0 Å². The molecule has 24 heavy (non-hydrogen) atoms. The lowest BCUT2D eigenvalue weighted by Crippen LogP contribution is -2.37. The molecule has 2 N–H and O–H groups in total. The number of nitrogens with zero attached hydrogens (tertiary/aromatic N) is 1. The molecule has 0 spiro atoms. The van der Waals surface area contributed by atoms with Gasteiger partial charge in [0.25, 0.3) is 0 Å². The van der Waals surface area contributed by atoms with Crippen LogP contribution in [0.15, 0.2) is 64.3 Å². The van der Waals surface area contributed by atoms with Gasteiger partial charge in [-0.15, -0.1) is 24.0 Å². The van der Waals surface area contributed by atoms with Gasteiger partial charge in [0, 0.05) is 20.1 Å². The van der Waals surface area contributed by atoms with Crippen molar-refractivity contribution in [1.82, 2.24) is 10.6 Å². The van der Waals surface area contributed by atoms with Crippen LogP contribution in [0.4, 0.5) is 0 Å². The van der Waals surface area contributed by atoms with E-state index in [2.05, 4.69) is 74.9 Å². The molecule has 0 bridgehead atoms. The molecule has 0 aliphatic heterocycles. The van der Waals surface area contributed by atoms with Crippen LogP contribution in [0.25, 0.3) is 10.8 Å². The summed E-state index contributed by atoms with van der Waals surface area (Å²) in [4.78, 5) is 4.28. The summed E-state index contributed by atoms with van der Waals surface area (Å²) < 4.78 is 0. The molecule has 0 aliphatic rings. The maximum Gasteiger partial charge on any atom is 0.191 e. The van der Waals surface area contributed by atoms with E-state index in [-0.39, 0.29) is 24.0 Å². The SMILES string of the molecule is CN=C(NCCc1cccc2ccccc12)NCc1ccsc1.I. The first-order valence-corrected chi connectivity index (χ1v) is 8.73. The zero-order chi connectivity index (χ0) is 15.9.